The molecule has 1 aromatic carbocycles. The van der Waals surface area contributed by atoms with Gasteiger partial charge in [0.05, 0.1) is 11.3 Å². The van der Waals surface area contributed by atoms with Crippen molar-refractivity contribution in [2.45, 2.75) is 26.7 Å². The Balaban J connectivity index is 2.25. The van der Waals surface area contributed by atoms with Crippen molar-refractivity contribution in [3.63, 3.8) is 0 Å². The summed E-state index contributed by atoms with van der Waals surface area (Å²) in [7, 11) is 0. The zero-order valence-corrected chi connectivity index (χ0v) is 12.5. The third-order valence-corrected chi connectivity index (χ3v) is 3.75. The van der Waals surface area contributed by atoms with Gasteiger partial charge in [0.1, 0.15) is 4.88 Å². The summed E-state index contributed by atoms with van der Waals surface area (Å²) in [6.45, 7) is 3.81. The second kappa shape index (κ2) is 6.45. The first-order valence-corrected chi connectivity index (χ1v) is 7.26. The Morgan fingerprint density at radius 2 is 2.14 bits per heavy atom. The molecule has 1 heterocycles. The number of carboxylic acids is 1. The van der Waals surface area contributed by atoms with Gasteiger partial charge in [-0.2, -0.15) is 0 Å². The largest absolute Gasteiger partial charge is 0.478 e. The van der Waals surface area contributed by atoms with Crippen molar-refractivity contribution >= 4 is 29.1 Å². The van der Waals surface area contributed by atoms with Crippen LogP contribution in [-0.2, 0) is 6.42 Å². The van der Waals surface area contributed by atoms with E-state index in [1.54, 1.807) is 13.0 Å². The summed E-state index contributed by atoms with van der Waals surface area (Å²) < 4.78 is 3.81. The fraction of sp³-hybridized carbons (Fsp3) is 0.286. The lowest BCUT2D eigenvalue weighted by Gasteiger charge is -2.08. The number of carbonyl (C=O) groups excluding carboxylic acids is 1. The Bertz CT molecular complexity index is 682. The van der Waals surface area contributed by atoms with Crippen LogP contribution in [0.5, 0.6) is 0 Å². The SMILES string of the molecule is CCCc1nnsc1C(=O)Nc1cc(C(=O)O)ccc1C. The summed E-state index contributed by atoms with van der Waals surface area (Å²) in [5.41, 5.74) is 2.08. The smallest absolute Gasteiger partial charge is 0.335 e. The number of anilines is 1. The van der Waals surface area contributed by atoms with E-state index in [1.165, 1.54) is 12.1 Å². The first-order chi connectivity index (χ1) is 10.0. The zero-order chi connectivity index (χ0) is 15.4. The molecule has 0 aliphatic rings. The van der Waals surface area contributed by atoms with Crippen molar-refractivity contribution in [3.8, 4) is 0 Å². The van der Waals surface area contributed by atoms with Crippen molar-refractivity contribution in [1.29, 1.82) is 0 Å². The van der Waals surface area contributed by atoms with Crippen molar-refractivity contribution < 1.29 is 14.7 Å². The van der Waals surface area contributed by atoms with Gasteiger partial charge in [0.25, 0.3) is 5.91 Å². The van der Waals surface area contributed by atoms with Crippen LogP contribution in [0.4, 0.5) is 5.69 Å². The van der Waals surface area contributed by atoms with Gasteiger partial charge in [0.2, 0.25) is 0 Å². The molecule has 7 heteroatoms. The minimum atomic E-state index is -1.03. The van der Waals surface area contributed by atoms with Gasteiger partial charge in [0, 0.05) is 5.69 Å². The van der Waals surface area contributed by atoms with Crippen molar-refractivity contribution in [1.82, 2.24) is 9.59 Å². The first-order valence-electron chi connectivity index (χ1n) is 6.49. The van der Waals surface area contributed by atoms with Crippen LogP contribution in [0.25, 0.3) is 0 Å². The first kappa shape index (κ1) is 15.1. The van der Waals surface area contributed by atoms with Crippen LogP contribution in [0.15, 0.2) is 18.2 Å². The summed E-state index contributed by atoms with van der Waals surface area (Å²) >= 11 is 1.04. The maximum absolute atomic E-state index is 12.3. The van der Waals surface area contributed by atoms with Crippen LogP contribution < -0.4 is 5.32 Å². The lowest BCUT2D eigenvalue weighted by Crippen LogP contribution is -2.14. The molecule has 2 aromatic rings. The number of rotatable bonds is 5. The third-order valence-electron chi connectivity index (χ3n) is 2.98. The molecule has 0 spiro atoms. The second-order valence-corrected chi connectivity index (χ2v) is 5.34. The van der Waals surface area contributed by atoms with Gasteiger partial charge in [-0.3, -0.25) is 4.79 Å². The van der Waals surface area contributed by atoms with Crippen LogP contribution in [0, 0.1) is 6.92 Å². The predicted molar refractivity (Wildman–Crippen MR) is 80.0 cm³/mol. The number of hydrogen-bond acceptors (Lipinski definition) is 5. The molecular weight excluding hydrogens is 290 g/mol. The number of nitrogens with one attached hydrogen (secondary N) is 1. The van der Waals surface area contributed by atoms with E-state index in [0.717, 1.165) is 23.5 Å². The van der Waals surface area contributed by atoms with Crippen molar-refractivity contribution in [3.05, 3.63) is 39.9 Å². The number of aryl methyl sites for hydroxylation is 2. The lowest BCUT2D eigenvalue weighted by molar-refractivity contribution is 0.0696. The topological polar surface area (TPSA) is 92.2 Å². The van der Waals surface area contributed by atoms with E-state index >= 15 is 0 Å². The highest BCUT2D eigenvalue weighted by molar-refractivity contribution is 7.08. The van der Waals surface area contributed by atoms with Gasteiger partial charge >= 0.3 is 5.97 Å². The Labute approximate surface area is 126 Å². The van der Waals surface area contributed by atoms with E-state index in [4.69, 9.17) is 5.11 Å². The van der Waals surface area contributed by atoms with Gasteiger partial charge in [-0.15, -0.1) is 5.10 Å². The monoisotopic (exact) mass is 305 g/mol. The molecule has 0 unspecified atom stereocenters. The van der Waals surface area contributed by atoms with Gasteiger partial charge in [-0.1, -0.05) is 23.9 Å². The minimum absolute atomic E-state index is 0.132. The summed E-state index contributed by atoms with van der Waals surface area (Å²) in [5, 5.41) is 15.7. The van der Waals surface area contributed by atoms with Gasteiger partial charge in [-0.05, 0) is 42.6 Å². The summed E-state index contributed by atoms with van der Waals surface area (Å²) in [4.78, 5) is 23.7. The van der Waals surface area contributed by atoms with E-state index in [9.17, 15) is 9.59 Å². The Morgan fingerprint density at radius 3 is 2.81 bits per heavy atom. The van der Waals surface area contributed by atoms with Crippen LogP contribution in [0.3, 0.4) is 0 Å². The van der Waals surface area contributed by atoms with E-state index in [2.05, 4.69) is 14.9 Å². The molecule has 0 aliphatic heterocycles. The molecular formula is C14H15N3O3S. The maximum Gasteiger partial charge on any atom is 0.335 e. The maximum atomic E-state index is 12.3. The van der Waals surface area contributed by atoms with Crippen LogP contribution >= 0.6 is 11.5 Å². The normalized spacial score (nSPS) is 10.4. The number of aromatic nitrogens is 2. The Hall–Kier alpha value is -2.28. The second-order valence-electron chi connectivity index (χ2n) is 4.59. The summed E-state index contributed by atoms with van der Waals surface area (Å²) in [6.07, 6.45) is 1.56. The highest BCUT2D eigenvalue weighted by atomic mass is 32.1. The standard InChI is InChI=1S/C14H15N3O3S/c1-3-4-10-12(21-17-16-10)13(18)15-11-7-9(14(19)20)6-5-8(11)2/h5-7H,3-4H2,1-2H3,(H,15,18)(H,19,20). The van der Waals surface area contributed by atoms with Crippen LogP contribution in [0.1, 0.15) is 44.6 Å². The van der Waals surface area contributed by atoms with E-state index in [1.807, 2.05) is 6.92 Å². The highest BCUT2D eigenvalue weighted by Gasteiger charge is 2.17. The number of aromatic carboxylic acids is 1. The number of amides is 1. The average molecular weight is 305 g/mol. The average Bonchev–Trinajstić information content (AvgIpc) is 2.89. The lowest BCUT2D eigenvalue weighted by atomic mass is 10.1. The summed E-state index contributed by atoms with van der Waals surface area (Å²) in [6, 6.07) is 4.62. The molecule has 0 saturated heterocycles. The minimum Gasteiger partial charge on any atom is -0.478 e. The molecule has 6 nitrogen and oxygen atoms in total. The predicted octanol–water partition coefficient (Wildman–Crippen LogP) is 2.75. The molecule has 0 atom stereocenters. The molecule has 0 aliphatic carbocycles. The molecule has 110 valence electrons. The van der Waals surface area contributed by atoms with Gasteiger partial charge in [0.15, 0.2) is 0 Å². The van der Waals surface area contributed by atoms with Crippen LogP contribution in [0.2, 0.25) is 0 Å². The molecule has 2 rings (SSSR count). The van der Waals surface area contributed by atoms with E-state index < -0.39 is 5.97 Å². The van der Waals surface area contributed by atoms with Gasteiger partial charge in [-0.25, -0.2) is 4.79 Å². The molecule has 1 amide bonds. The Kier molecular flexibility index (Phi) is 4.64. The number of carbonyl (C=O) groups is 2. The fourth-order valence-electron chi connectivity index (χ4n) is 1.85. The number of benzene rings is 1. The quantitative estimate of drug-likeness (QED) is 0.886. The van der Waals surface area contributed by atoms with Crippen molar-refractivity contribution in [2.75, 3.05) is 5.32 Å². The number of nitrogens with zero attached hydrogens (tertiary/aromatic N) is 2. The number of carboxylic acid groups (broad SMARTS) is 1. The molecule has 0 saturated carbocycles. The molecule has 2 N–H and O–H groups in total. The molecule has 0 fully saturated rings. The zero-order valence-electron chi connectivity index (χ0n) is 11.7. The van der Waals surface area contributed by atoms with Crippen LogP contribution in [-0.4, -0.2) is 26.6 Å². The molecule has 0 bridgehead atoms. The highest BCUT2D eigenvalue weighted by Crippen LogP contribution is 2.20. The van der Waals surface area contributed by atoms with E-state index in [-0.39, 0.29) is 11.5 Å². The van der Waals surface area contributed by atoms with Crippen molar-refractivity contribution in [2.24, 2.45) is 0 Å². The molecule has 0 radical (unpaired) electrons. The third kappa shape index (κ3) is 3.43. The van der Waals surface area contributed by atoms with E-state index in [0.29, 0.717) is 22.7 Å². The number of hydrogen-bond donors (Lipinski definition) is 2. The van der Waals surface area contributed by atoms with Gasteiger partial charge < -0.3 is 10.4 Å². The fourth-order valence-corrected chi connectivity index (χ4v) is 2.45. The molecule has 21 heavy (non-hydrogen) atoms. The molecule has 1 aromatic heterocycles. The summed E-state index contributed by atoms with van der Waals surface area (Å²) in [5.74, 6) is -1.34. The Morgan fingerprint density at radius 1 is 1.38 bits per heavy atom.